The quantitative estimate of drug-likeness (QED) is 0.240. The number of fused-ring (bicyclic) bond motifs is 1. The monoisotopic (exact) mass is 635 g/mol. The Kier molecular flexibility index (Phi) is 8.46. The maximum atomic E-state index is 13.4. The predicted octanol–water partition coefficient (Wildman–Crippen LogP) is 4.11. The third kappa shape index (κ3) is 6.03. The van der Waals surface area contributed by atoms with Gasteiger partial charge < -0.3 is 16.0 Å². The van der Waals surface area contributed by atoms with Crippen LogP contribution in [0.1, 0.15) is 68.5 Å². The molecule has 0 saturated carbocycles. The van der Waals surface area contributed by atoms with Crippen LogP contribution < -0.4 is 22.3 Å². The molecule has 5 aromatic rings. The lowest BCUT2D eigenvalue weighted by Gasteiger charge is -2.33. The summed E-state index contributed by atoms with van der Waals surface area (Å²) in [5.74, 6) is 0.105. The first-order chi connectivity index (χ1) is 22.5. The summed E-state index contributed by atoms with van der Waals surface area (Å²) in [6, 6.07) is 13.8. The predicted molar refractivity (Wildman–Crippen MR) is 180 cm³/mol. The van der Waals surface area contributed by atoms with Crippen molar-refractivity contribution >= 4 is 34.4 Å². The summed E-state index contributed by atoms with van der Waals surface area (Å²) in [7, 11) is 0. The Morgan fingerprint density at radius 1 is 1.02 bits per heavy atom. The molecule has 0 radical (unpaired) electrons. The van der Waals surface area contributed by atoms with Crippen LogP contribution in [0, 0.1) is 5.92 Å². The van der Waals surface area contributed by atoms with Crippen molar-refractivity contribution in [3.8, 4) is 16.9 Å². The minimum atomic E-state index is -0.763. The molecule has 47 heavy (non-hydrogen) atoms. The van der Waals surface area contributed by atoms with Crippen LogP contribution in [-0.2, 0) is 4.79 Å². The number of nitrogens with zero attached hydrogens (tertiary/aromatic N) is 6. The number of hydrogen-bond acceptors (Lipinski definition) is 8. The summed E-state index contributed by atoms with van der Waals surface area (Å²) >= 11 is 0. The fourth-order valence-corrected chi connectivity index (χ4v) is 5.99. The summed E-state index contributed by atoms with van der Waals surface area (Å²) < 4.78 is 2.24. The molecule has 0 bridgehead atoms. The van der Waals surface area contributed by atoms with E-state index in [0.29, 0.717) is 35.6 Å². The molecule has 1 saturated heterocycles. The van der Waals surface area contributed by atoms with Gasteiger partial charge in [0, 0.05) is 54.7 Å². The van der Waals surface area contributed by atoms with E-state index in [0.717, 1.165) is 34.2 Å². The number of hydrogen-bond donors (Lipinski definition) is 3. The number of nitrogens with one attached hydrogen (secondary N) is 2. The number of benzene rings is 1. The molecule has 1 aliphatic rings. The van der Waals surface area contributed by atoms with Crippen molar-refractivity contribution in [1.29, 1.82) is 0 Å². The number of nitrogen functional groups attached to an aromatic ring is 1. The van der Waals surface area contributed by atoms with E-state index in [9.17, 15) is 19.2 Å². The maximum absolute atomic E-state index is 13.4. The van der Waals surface area contributed by atoms with Crippen molar-refractivity contribution in [3.05, 3.63) is 93.0 Å². The molecule has 0 atom stereocenters. The van der Waals surface area contributed by atoms with Gasteiger partial charge in [-0.3, -0.25) is 24.0 Å². The van der Waals surface area contributed by atoms with Gasteiger partial charge in [0.05, 0.1) is 5.39 Å². The zero-order valence-corrected chi connectivity index (χ0v) is 26.7. The fourth-order valence-electron chi connectivity index (χ4n) is 5.99. The number of amides is 2. The van der Waals surface area contributed by atoms with E-state index in [-0.39, 0.29) is 35.2 Å². The normalized spacial score (nSPS) is 13.9. The molecule has 6 rings (SSSR count). The third-order valence-corrected chi connectivity index (χ3v) is 8.54. The average Bonchev–Trinajstić information content (AvgIpc) is 3.45. The largest absolute Gasteiger partial charge is 0.382 e. The second-order valence-corrected chi connectivity index (χ2v) is 12.4. The average molecular weight is 636 g/mol. The summed E-state index contributed by atoms with van der Waals surface area (Å²) in [6.07, 6.45) is 4.37. The lowest BCUT2D eigenvalue weighted by molar-refractivity contribution is -0.135. The second-order valence-electron chi connectivity index (χ2n) is 12.4. The molecule has 2 amide bonds. The van der Waals surface area contributed by atoms with Gasteiger partial charge in [-0.25, -0.2) is 19.3 Å². The second kappa shape index (κ2) is 12.7. The van der Waals surface area contributed by atoms with Gasteiger partial charge in [0.2, 0.25) is 5.91 Å². The lowest BCUT2D eigenvalue weighted by Crippen LogP contribution is -2.43. The summed E-state index contributed by atoms with van der Waals surface area (Å²) in [6.45, 7) is 8.78. The van der Waals surface area contributed by atoms with Gasteiger partial charge in [0.15, 0.2) is 11.5 Å². The standard InChI is InChI=1S/C34H37N9O4/c1-19(2)32(45)41-15-12-22(13-16-41)26-17-24(28-29(35)39-40-30(28)38-26)21-8-10-23(11-9-21)37-31(44)25-18-42(20(3)4)34(47)43(33(25)46)27-7-5-6-14-36-27/h5-11,14,17-20,22H,12-13,15-16H2,1-4H3,(H,37,44)(H3,35,38,39,40). The van der Waals surface area contributed by atoms with Gasteiger partial charge >= 0.3 is 5.69 Å². The number of carbonyl (C=O) groups excluding carboxylic acids is 2. The number of aromatic nitrogens is 6. The molecule has 0 spiro atoms. The Morgan fingerprint density at radius 2 is 1.74 bits per heavy atom. The summed E-state index contributed by atoms with van der Waals surface area (Å²) in [5, 5.41) is 10.6. The number of carbonyl (C=O) groups is 2. The zero-order chi connectivity index (χ0) is 33.4. The molecular weight excluding hydrogens is 598 g/mol. The van der Waals surface area contributed by atoms with E-state index in [1.54, 1.807) is 44.2 Å². The van der Waals surface area contributed by atoms with Crippen LogP contribution in [0.15, 0.2) is 70.5 Å². The van der Waals surface area contributed by atoms with Gasteiger partial charge in [0.25, 0.3) is 11.5 Å². The molecular formula is C34H37N9O4. The van der Waals surface area contributed by atoms with Crippen LogP contribution in [0.5, 0.6) is 0 Å². The van der Waals surface area contributed by atoms with E-state index < -0.39 is 17.2 Å². The maximum Gasteiger partial charge on any atom is 0.337 e. The van der Waals surface area contributed by atoms with Gasteiger partial charge in [0.1, 0.15) is 11.4 Å². The molecule has 4 N–H and O–H groups in total. The number of nitrogens with two attached hydrogens (primary N) is 1. The molecule has 5 heterocycles. The number of pyridine rings is 2. The fraction of sp³-hybridized carbons (Fsp3) is 0.324. The minimum Gasteiger partial charge on any atom is -0.382 e. The minimum absolute atomic E-state index is 0.0338. The van der Waals surface area contributed by atoms with Crippen molar-refractivity contribution in [3.63, 3.8) is 0 Å². The SMILES string of the molecule is CC(C)C(=O)N1CCC(c2cc(-c3ccc(NC(=O)c4cn(C(C)C)c(=O)n(-c5ccccn5)c4=O)cc3)c3c(N)n[nH]c3n2)CC1. The lowest BCUT2D eigenvalue weighted by atomic mass is 9.90. The first-order valence-electron chi connectivity index (χ1n) is 15.7. The first-order valence-corrected chi connectivity index (χ1v) is 15.7. The number of likely N-dealkylation sites (tertiary alicyclic amines) is 1. The highest BCUT2D eigenvalue weighted by Crippen LogP contribution is 2.36. The molecule has 1 aromatic carbocycles. The van der Waals surface area contributed by atoms with Crippen LogP contribution in [-0.4, -0.2) is 59.1 Å². The highest BCUT2D eigenvalue weighted by molar-refractivity contribution is 6.04. The van der Waals surface area contributed by atoms with Crippen LogP contribution in [0.4, 0.5) is 11.5 Å². The number of aromatic amines is 1. The number of H-pyrrole nitrogens is 1. The number of anilines is 2. The summed E-state index contributed by atoms with van der Waals surface area (Å²) in [5.41, 5.74) is 8.33. The molecule has 0 unspecified atom stereocenters. The number of rotatable bonds is 7. The Hall–Kier alpha value is -5.59. The van der Waals surface area contributed by atoms with Crippen LogP contribution in [0.25, 0.3) is 28.0 Å². The number of piperidine rings is 1. The van der Waals surface area contributed by atoms with E-state index in [1.165, 1.54) is 17.0 Å². The Morgan fingerprint density at radius 3 is 2.38 bits per heavy atom. The van der Waals surface area contributed by atoms with Crippen molar-refractivity contribution in [2.75, 3.05) is 24.1 Å². The topological polar surface area (TPSA) is 174 Å². The molecule has 242 valence electrons. The van der Waals surface area contributed by atoms with Crippen molar-refractivity contribution in [2.45, 2.75) is 52.5 Å². The Balaban J connectivity index is 1.28. The van der Waals surface area contributed by atoms with Crippen molar-refractivity contribution in [2.24, 2.45) is 5.92 Å². The van der Waals surface area contributed by atoms with Gasteiger partial charge in [-0.15, -0.1) is 0 Å². The highest BCUT2D eigenvalue weighted by atomic mass is 16.2. The van der Waals surface area contributed by atoms with E-state index >= 15 is 0 Å². The molecule has 0 aliphatic carbocycles. The molecule has 13 heteroatoms. The third-order valence-electron chi connectivity index (χ3n) is 8.54. The Labute approximate surface area is 270 Å². The molecule has 13 nitrogen and oxygen atoms in total. The smallest absolute Gasteiger partial charge is 0.337 e. The van der Waals surface area contributed by atoms with Crippen molar-refractivity contribution < 1.29 is 9.59 Å². The van der Waals surface area contributed by atoms with Gasteiger partial charge in [-0.05, 0) is 68.1 Å². The highest BCUT2D eigenvalue weighted by Gasteiger charge is 2.27. The van der Waals surface area contributed by atoms with E-state index in [2.05, 4.69) is 20.5 Å². The summed E-state index contributed by atoms with van der Waals surface area (Å²) in [4.78, 5) is 63.4. The Bertz CT molecular complexity index is 2070. The van der Waals surface area contributed by atoms with Crippen LogP contribution in [0.3, 0.4) is 0 Å². The molecule has 1 fully saturated rings. The zero-order valence-electron chi connectivity index (χ0n) is 26.7. The van der Waals surface area contributed by atoms with Crippen LogP contribution >= 0.6 is 0 Å². The van der Waals surface area contributed by atoms with Gasteiger partial charge in [-0.1, -0.05) is 32.0 Å². The van der Waals surface area contributed by atoms with Gasteiger partial charge in [-0.2, -0.15) is 5.10 Å². The van der Waals surface area contributed by atoms with Crippen LogP contribution in [0.2, 0.25) is 0 Å². The van der Waals surface area contributed by atoms with Crippen molar-refractivity contribution in [1.82, 2.24) is 34.2 Å². The first kappa shape index (κ1) is 31.4. The van der Waals surface area contributed by atoms with E-state index in [4.69, 9.17) is 10.7 Å². The van der Waals surface area contributed by atoms with E-state index in [1.807, 2.05) is 36.9 Å². The molecule has 4 aromatic heterocycles. The molecule has 1 aliphatic heterocycles.